The molecule has 0 fully saturated rings. The molecule has 0 bridgehead atoms. The van der Waals surface area contributed by atoms with Crippen LogP contribution in [-0.2, 0) is 16.2 Å². The molecule has 172 valence electrons. The van der Waals surface area contributed by atoms with Gasteiger partial charge in [0, 0.05) is 5.56 Å². The van der Waals surface area contributed by atoms with Crippen molar-refractivity contribution in [1.82, 2.24) is 0 Å². The highest BCUT2D eigenvalue weighted by molar-refractivity contribution is 5.94. The van der Waals surface area contributed by atoms with E-state index in [0.717, 1.165) is 11.6 Å². The standard InChI is InChI=1S/C24H21F3N2O4/c1-15(24(30)29-19-10-9-18(25)22(26)23(19)27)33-28-13-17-8-11-20(21(12-17)31-2)32-14-16-6-4-3-5-7-16/h3-13,15H,14H2,1-2H3,(H,29,30)/b28-13+. The Hall–Kier alpha value is -4.01. The molecular formula is C24H21F3N2O4. The first kappa shape index (κ1) is 23.6. The monoisotopic (exact) mass is 458 g/mol. The lowest BCUT2D eigenvalue weighted by Crippen LogP contribution is -2.27. The molecular weight excluding hydrogens is 437 g/mol. The molecule has 3 rings (SSSR count). The van der Waals surface area contributed by atoms with E-state index in [-0.39, 0.29) is 0 Å². The van der Waals surface area contributed by atoms with Crippen molar-refractivity contribution in [2.24, 2.45) is 5.16 Å². The predicted octanol–water partition coefficient (Wildman–Crippen LogP) is 5.07. The van der Waals surface area contributed by atoms with Gasteiger partial charge in [-0.2, -0.15) is 0 Å². The van der Waals surface area contributed by atoms with Crippen LogP contribution in [-0.4, -0.2) is 25.3 Å². The number of methoxy groups -OCH3 is 1. The van der Waals surface area contributed by atoms with Crippen molar-refractivity contribution in [3.63, 3.8) is 0 Å². The number of oxime groups is 1. The molecule has 33 heavy (non-hydrogen) atoms. The molecule has 9 heteroatoms. The van der Waals surface area contributed by atoms with E-state index in [2.05, 4.69) is 10.5 Å². The fraction of sp³-hybridized carbons (Fsp3) is 0.167. The van der Waals surface area contributed by atoms with Crippen LogP contribution >= 0.6 is 0 Å². The summed E-state index contributed by atoms with van der Waals surface area (Å²) in [5, 5.41) is 5.87. The third-order valence-electron chi connectivity index (χ3n) is 4.51. The van der Waals surface area contributed by atoms with Gasteiger partial charge in [0.15, 0.2) is 29.0 Å². The van der Waals surface area contributed by atoms with Crippen LogP contribution in [0.1, 0.15) is 18.1 Å². The zero-order valence-corrected chi connectivity index (χ0v) is 17.8. The maximum Gasteiger partial charge on any atom is 0.268 e. The summed E-state index contributed by atoms with van der Waals surface area (Å²) in [6.45, 7) is 1.74. The molecule has 6 nitrogen and oxygen atoms in total. The number of amides is 1. The van der Waals surface area contributed by atoms with E-state index >= 15 is 0 Å². The molecule has 0 saturated heterocycles. The topological polar surface area (TPSA) is 69.2 Å². The predicted molar refractivity (Wildman–Crippen MR) is 117 cm³/mol. The Morgan fingerprint density at radius 1 is 1.03 bits per heavy atom. The number of hydrogen-bond donors (Lipinski definition) is 1. The molecule has 0 radical (unpaired) electrons. The molecule has 1 atom stereocenters. The van der Waals surface area contributed by atoms with Crippen LogP contribution in [0.4, 0.5) is 18.9 Å². The van der Waals surface area contributed by atoms with Crippen molar-refractivity contribution in [3.8, 4) is 11.5 Å². The first-order valence-electron chi connectivity index (χ1n) is 9.87. The molecule has 0 heterocycles. The van der Waals surface area contributed by atoms with Gasteiger partial charge < -0.3 is 19.6 Å². The highest BCUT2D eigenvalue weighted by Crippen LogP contribution is 2.28. The number of halogens is 3. The Labute approximate surface area is 188 Å². The Kier molecular flexibility index (Phi) is 7.91. The molecule has 1 unspecified atom stereocenters. The fourth-order valence-corrected chi connectivity index (χ4v) is 2.71. The normalized spacial score (nSPS) is 11.8. The minimum Gasteiger partial charge on any atom is -0.493 e. The highest BCUT2D eigenvalue weighted by atomic mass is 19.2. The number of anilines is 1. The summed E-state index contributed by atoms with van der Waals surface area (Å²) in [6.07, 6.45) is 0.218. The molecule has 0 aliphatic carbocycles. The average Bonchev–Trinajstić information content (AvgIpc) is 2.83. The third kappa shape index (κ3) is 6.25. The lowest BCUT2D eigenvalue weighted by atomic mass is 10.2. The SMILES string of the molecule is COc1cc(/C=N/OC(C)C(=O)Nc2ccc(F)c(F)c2F)ccc1OCc1ccccc1. The smallest absolute Gasteiger partial charge is 0.268 e. The van der Waals surface area contributed by atoms with Crippen molar-refractivity contribution in [1.29, 1.82) is 0 Å². The number of carbonyl (C=O) groups excluding carboxylic acids is 1. The molecule has 0 aliphatic rings. The van der Waals surface area contributed by atoms with Crippen LogP contribution in [0.15, 0.2) is 65.8 Å². The largest absolute Gasteiger partial charge is 0.493 e. The Balaban J connectivity index is 1.57. The number of ether oxygens (including phenoxy) is 2. The van der Waals surface area contributed by atoms with Crippen molar-refractivity contribution < 1.29 is 32.3 Å². The summed E-state index contributed by atoms with van der Waals surface area (Å²) in [6, 6.07) is 16.4. The third-order valence-corrected chi connectivity index (χ3v) is 4.51. The second kappa shape index (κ2) is 11.0. The second-order valence-corrected chi connectivity index (χ2v) is 6.88. The van der Waals surface area contributed by atoms with Crippen molar-refractivity contribution >= 4 is 17.8 Å². The van der Waals surface area contributed by atoms with Crippen molar-refractivity contribution in [2.45, 2.75) is 19.6 Å². The summed E-state index contributed by atoms with van der Waals surface area (Å²) in [5.74, 6) is -4.30. The van der Waals surface area contributed by atoms with Gasteiger partial charge in [0.1, 0.15) is 6.61 Å². The number of nitrogens with one attached hydrogen (secondary N) is 1. The molecule has 1 N–H and O–H groups in total. The summed E-state index contributed by atoms with van der Waals surface area (Å²) < 4.78 is 51.1. The van der Waals surface area contributed by atoms with Crippen LogP contribution in [0.2, 0.25) is 0 Å². The quantitative estimate of drug-likeness (QED) is 0.276. The van der Waals surface area contributed by atoms with E-state index in [1.54, 1.807) is 18.2 Å². The summed E-state index contributed by atoms with van der Waals surface area (Å²) in [4.78, 5) is 17.2. The molecule has 0 saturated carbocycles. The van der Waals surface area contributed by atoms with Crippen LogP contribution in [0, 0.1) is 17.5 Å². The number of carbonyl (C=O) groups is 1. The lowest BCUT2D eigenvalue weighted by molar-refractivity contribution is -0.126. The maximum atomic E-state index is 13.7. The molecule has 3 aromatic carbocycles. The zero-order valence-electron chi connectivity index (χ0n) is 17.8. The lowest BCUT2D eigenvalue weighted by Gasteiger charge is -2.12. The number of rotatable bonds is 9. The van der Waals surface area contributed by atoms with Crippen molar-refractivity contribution in [3.05, 3.63) is 89.2 Å². The van der Waals surface area contributed by atoms with E-state index in [1.807, 2.05) is 30.3 Å². The van der Waals surface area contributed by atoms with E-state index in [9.17, 15) is 18.0 Å². The van der Waals surface area contributed by atoms with Gasteiger partial charge in [-0.25, -0.2) is 13.2 Å². The van der Waals surface area contributed by atoms with Gasteiger partial charge in [0.05, 0.1) is 19.0 Å². The minimum atomic E-state index is -1.68. The summed E-state index contributed by atoms with van der Waals surface area (Å²) in [7, 11) is 1.51. The fourth-order valence-electron chi connectivity index (χ4n) is 2.71. The van der Waals surface area contributed by atoms with E-state index in [1.165, 1.54) is 20.2 Å². The second-order valence-electron chi connectivity index (χ2n) is 6.88. The molecule has 1 amide bonds. The van der Waals surface area contributed by atoms with Gasteiger partial charge in [-0.3, -0.25) is 4.79 Å². The average molecular weight is 458 g/mol. The summed E-state index contributed by atoms with van der Waals surface area (Å²) >= 11 is 0. The van der Waals surface area contributed by atoms with Crippen molar-refractivity contribution in [2.75, 3.05) is 12.4 Å². The Morgan fingerprint density at radius 3 is 2.52 bits per heavy atom. The summed E-state index contributed by atoms with van der Waals surface area (Å²) in [5.41, 5.74) is 1.11. The number of nitrogens with zero attached hydrogens (tertiary/aromatic N) is 1. The van der Waals surface area contributed by atoms with E-state index in [4.69, 9.17) is 14.3 Å². The number of hydrogen-bond acceptors (Lipinski definition) is 5. The van der Waals surface area contributed by atoms with Crippen LogP contribution in [0.3, 0.4) is 0 Å². The van der Waals surface area contributed by atoms with Gasteiger partial charge >= 0.3 is 0 Å². The van der Waals surface area contributed by atoms with Gasteiger partial charge in [-0.15, -0.1) is 0 Å². The molecule has 0 aromatic heterocycles. The Morgan fingerprint density at radius 2 is 1.79 bits per heavy atom. The number of benzene rings is 3. The van der Waals surface area contributed by atoms with Crippen LogP contribution < -0.4 is 14.8 Å². The van der Waals surface area contributed by atoms with Crippen LogP contribution in [0.25, 0.3) is 0 Å². The van der Waals surface area contributed by atoms with Gasteiger partial charge in [-0.1, -0.05) is 35.5 Å². The minimum absolute atomic E-state index is 0.374. The first-order valence-corrected chi connectivity index (χ1v) is 9.87. The zero-order chi connectivity index (χ0) is 23.8. The van der Waals surface area contributed by atoms with Gasteiger partial charge in [-0.05, 0) is 42.8 Å². The van der Waals surface area contributed by atoms with Gasteiger partial charge in [0.25, 0.3) is 5.91 Å². The first-order chi connectivity index (χ1) is 15.9. The van der Waals surface area contributed by atoms with E-state index < -0.39 is 35.2 Å². The van der Waals surface area contributed by atoms with Crippen LogP contribution in [0.5, 0.6) is 11.5 Å². The Bertz CT molecular complexity index is 1140. The highest BCUT2D eigenvalue weighted by Gasteiger charge is 2.19. The molecule has 0 aliphatic heterocycles. The maximum absolute atomic E-state index is 13.7. The molecule has 3 aromatic rings. The molecule has 0 spiro atoms. The van der Waals surface area contributed by atoms with Gasteiger partial charge in [0.2, 0.25) is 6.10 Å². The van der Waals surface area contributed by atoms with E-state index in [0.29, 0.717) is 29.7 Å².